The van der Waals surface area contributed by atoms with Gasteiger partial charge in [0.2, 0.25) is 5.70 Å². The molecule has 0 heterocycles. The van der Waals surface area contributed by atoms with Crippen LogP contribution in [0.15, 0.2) is 71.5 Å². The maximum absolute atomic E-state index is 5.24. The van der Waals surface area contributed by atoms with Crippen molar-refractivity contribution in [1.82, 2.24) is 0 Å². The molecule has 0 saturated carbocycles. The van der Waals surface area contributed by atoms with Gasteiger partial charge in [0, 0.05) is 13.0 Å². The maximum Gasteiger partial charge on any atom is 0.206 e. The Labute approximate surface area is 302 Å². The van der Waals surface area contributed by atoms with E-state index in [0.717, 1.165) is 25.1 Å². The molecular formula is C47H71N2+. The average Bonchev–Trinajstić information content (AvgIpc) is 3.12. The van der Waals surface area contributed by atoms with Crippen LogP contribution in [0, 0.1) is 0 Å². The van der Waals surface area contributed by atoms with Crippen molar-refractivity contribution in [2.24, 2.45) is 5.11 Å². The van der Waals surface area contributed by atoms with E-state index in [1.807, 2.05) is 0 Å². The Morgan fingerprint density at radius 2 is 1.12 bits per heavy atom. The number of allylic oxidation sites excluding steroid dienone is 1. The van der Waals surface area contributed by atoms with Crippen molar-refractivity contribution in [2.75, 3.05) is 6.54 Å². The highest BCUT2D eigenvalue weighted by Crippen LogP contribution is 2.32. The third-order valence-corrected chi connectivity index (χ3v) is 10.1. The number of hydrogen-bond donors (Lipinski definition) is 0. The molecule has 0 bridgehead atoms. The van der Waals surface area contributed by atoms with Crippen LogP contribution in [0.25, 0.3) is 17.2 Å². The van der Waals surface area contributed by atoms with Gasteiger partial charge in [0.1, 0.15) is 5.69 Å². The fourth-order valence-corrected chi connectivity index (χ4v) is 7.17. The number of azo groups is 2. The summed E-state index contributed by atoms with van der Waals surface area (Å²) in [6, 6.07) is 23.1. The predicted molar refractivity (Wildman–Crippen MR) is 216 cm³/mol. The van der Waals surface area contributed by atoms with Crippen LogP contribution in [0.5, 0.6) is 0 Å². The minimum absolute atomic E-state index is 0.845. The SMILES string of the molecule is CCCCCCCCc1ccc(N=[N+](CC)C(C)=Cc2cc(CCCC)c(CCCCCC)c(-c3ccccc3)c2)cc1CCCCCC. The summed E-state index contributed by atoms with van der Waals surface area (Å²) in [4.78, 5) is 0. The van der Waals surface area contributed by atoms with Crippen LogP contribution in [0.3, 0.4) is 0 Å². The molecule has 0 spiro atoms. The molecule has 0 aliphatic heterocycles. The summed E-state index contributed by atoms with van der Waals surface area (Å²) in [5.41, 5.74) is 12.5. The smallest absolute Gasteiger partial charge is 0.0885 e. The summed E-state index contributed by atoms with van der Waals surface area (Å²) in [6.45, 7) is 14.5. The van der Waals surface area contributed by atoms with Crippen LogP contribution >= 0.6 is 0 Å². The lowest BCUT2D eigenvalue weighted by molar-refractivity contribution is -0.537. The normalized spacial score (nSPS) is 12.2. The van der Waals surface area contributed by atoms with Crippen molar-refractivity contribution in [3.63, 3.8) is 0 Å². The summed E-state index contributed by atoms with van der Waals surface area (Å²) >= 11 is 0. The van der Waals surface area contributed by atoms with Crippen LogP contribution in [-0.4, -0.2) is 11.2 Å². The van der Waals surface area contributed by atoms with Gasteiger partial charge in [0.25, 0.3) is 0 Å². The molecule has 0 unspecified atom stereocenters. The van der Waals surface area contributed by atoms with Crippen molar-refractivity contribution in [3.8, 4) is 11.1 Å². The Morgan fingerprint density at radius 3 is 1.78 bits per heavy atom. The molecule has 2 nitrogen and oxygen atoms in total. The first-order valence-electron chi connectivity index (χ1n) is 20.5. The quantitative estimate of drug-likeness (QED) is 0.0487. The van der Waals surface area contributed by atoms with E-state index in [1.54, 1.807) is 11.1 Å². The van der Waals surface area contributed by atoms with Crippen LogP contribution in [0.1, 0.15) is 172 Å². The van der Waals surface area contributed by atoms with Crippen LogP contribution in [-0.2, 0) is 25.7 Å². The molecule has 0 aliphatic rings. The lowest BCUT2D eigenvalue weighted by Crippen LogP contribution is -2.06. The molecule has 0 aromatic heterocycles. The molecular weight excluding hydrogens is 593 g/mol. The number of benzene rings is 3. The fraction of sp³-hybridized carbons (Fsp3) is 0.574. The number of rotatable bonds is 25. The zero-order valence-electron chi connectivity index (χ0n) is 32.6. The van der Waals surface area contributed by atoms with Gasteiger partial charge in [-0.1, -0.05) is 152 Å². The molecule has 0 amide bonds. The minimum atomic E-state index is 0.845. The number of nitrogens with zero attached hydrogens (tertiary/aromatic N) is 2. The Balaban J connectivity index is 1.94. The Kier molecular flexibility index (Phi) is 20.0. The highest BCUT2D eigenvalue weighted by atomic mass is 15.3. The Morgan fingerprint density at radius 1 is 0.551 bits per heavy atom. The largest absolute Gasteiger partial charge is 0.206 e. The maximum atomic E-state index is 5.24. The predicted octanol–water partition coefficient (Wildman–Crippen LogP) is 15.0. The van der Waals surface area contributed by atoms with E-state index in [2.05, 4.69) is 113 Å². The first kappa shape index (κ1) is 40.4. The summed E-state index contributed by atoms with van der Waals surface area (Å²) in [7, 11) is 0. The summed E-state index contributed by atoms with van der Waals surface area (Å²) in [5, 5.41) is 5.24. The van der Waals surface area contributed by atoms with Crippen molar-refractivity contribution >= 4 is 11.8 Å². The lowest BCUT2D eigenvalue weighted by Gasteiger charge is -2.17. The molecule has 268 valence electrons. The third kappa shape index (κ3) is 14.4. The molecule has 0 radical (unpaired) electrons. The van der Waals surface area contributed by atoms with Gasteiger partial charge in [-0.3, -0.25) is 0 Å². The first-order chi connectivity index (χ1) is 24.0. The first-order valence-corrected chi connectivity index (χ1v) is 20.5. The molecule has 0 saturated heterocycles. The molecule has 0 atom stereocenters. The zero-order chi connectivity index (χ0) is 35.1. The topological polar surface area (TPSA) is 15.4 Å². The lowest BCUT2D eigenvalue weighted by atomic mass is 9.87. The summed E-state index contributed by atoms with van der Waals surface area (Å²) < 4.78 is 2.20. The van der Waals surface area contributed by atoms with Gasteiger partial charge in [0.05, 0.1) is 0 Å². The molecule has 3 rings (SSSR count). The highest BCUT2D eigenvalue weighted by Gasteiger charge is 2.15. The molecule has 3 aromatic carbocycles. The number of aryl methyl sites for hydroxylation is 3. The molecule has 0 N–H and O–H groups in total. The zero-order valence-corrected chi connectivity index (χ0v) is 32.6. The highest BCUT2D eigenvalue weighted by molar-refractivity contribution is 5.73. The van der Waals surface area contributed by atoms with Gasteiger partial charge in [0.15, 0.2) is 6.54 Å². The third-order valence-electron chi connectivity index (χ3n) is 10.1. The molecule has 0 aliphatic carbocycles. The van der Waals surface area contributed by atoms with E-state index < -0.39 is 0 Å². The standard InChI is InChI=1S/C47H71N2/c1-7-12-16-19-20-23-28-41-33-34-45(38-43(41)31-22-17-13-8-2)48-49(11-5)39(6)35-40-36-44(27-15-10-4)46(32-26-18-14-9-3)47(37-40)42-29-24-21-25-30-42/h21,24-25,29-30,33-38H,7-20,22-23,26-28,31-32H2,1-6H3/q+1. The monoisotopic (exact) mass is 664 g/mol. The van der Waals surface area contributed by atoms with Crippen molar-refractivity contribution in [1.29, 1.82) is 0 Å². The number of unbranched alkanes of at least 4 members (excludes halogenated alkanes) is 12. The second kappa shape index (κ2) is 24.2. The van der Waals surface area contributed by atoms with Crippen LogP contribution in [0.2, 0.25) is 0 Å². The van der Waals surface area contributed by atoms with Gasteiger partial charge in [-0.15, -0.1) is 0 Å². The van der Waals surface area contributed by atoms with Gasteiger partial charge < -0.3 is 0 Å². The van der Waals surface area contributed by atoms with Crippen LogP contribution < -0.4 is 0 Å². The second-order valence-corrected chi connectivity index (χ2v) is 14.4. The number of hydrogen-bond acceptors (Lipinski definition) is 1. The van der Waals surface area contributed by atoms with Crippen molar-refractivity contribution in [2.45, 2.75) is 170 Å². The van der Waals surface area contributed by atoms with Crippen molar-refractivity contribution in [3.05, 3.63) is 94.2 Å². The molecule has 0 fully saturated rings. The second-order valence-electron chi connectivity index (χ2n) is 14.4. The van der Waals surface area contributed by atoms with E-state index in [-0.39, 0.29) is 0 Å². The summed E-state index contributed by atoms with van der Waals surface area (Å²) in [6.07, 6.45) is 28.0. The van der Waals surface area contributed by atoms with Crippen molar-refractivity contribution < 1.29 is 4.70 Å². The molecule has 49 heavy (non-hydrogen) atoms. The van der Waals surface area contributed by atoms with E-state index in [0.29, 0.717) is 0 Å². The van der Waals surface area contributed by atoms with Gasteiger partial charge in [-0.25, -0.2) is 0 Å². The van der Waals surface area contributed by atoms with Crippen LogP contribution in [0.4, 0.5) is 5.69 Å². The Bertz CT molecular complexity index is 1400. The van der Waals surface area contributed by atoms with Gasteiger partial charge in [-0.2, -0.15) is 0 Å². The fourth-order valence-electron chi connectivity index (χ4n) is 7.17. The average molecular weight is 664 g/mol. The Hall–Kier alpha value is -3.00. The van der Waals surface area contributed by atoms with E-state index in [1.165, 1.54) is 149 Å². The minimum Gasteiger partial charge on any atom is -0.0885 e. The van der Waals surface area contributed by atoms with E-state index in [4.69, 9.17) is 5.11 Å². The molecule has 3 aromatic rings. The van der Waals surface area contributed by atoms with E-state index in [9.17, 15) is 0 Å². The molecule has 2 heteroatoms. The van der Waals surface area contributed by atoms with Gasteiger partial charge >= 0.3 is 0 Å². The van der Waals surface area contributed by atoms with E-state index >= 15 is 0 Å². The van der Waals surface area contributed by atoms with Gasteiger partial charge in [-0.05, 0) is 121 Å². The summed E-state index contributed by atoms with van der Waals surface area (Å²) in [5.74, 6) is 0.